The van der Waals surface area contributed by atoms with Crippen molar-refractivity contribution in [3.63, 3.8) is 0 Å². The number of likely N-dealkylation sites (N-methyl/N-ethyl adjacent to an activating group) is 1. The third kappa shape index (κ3) is 5.69. The average molecular weight is 350 g/mol. The summed E-state index contributed by atoms with van der Waals surface area (Å²) >= 11 is 0. The second-order valence-electron chi connectivity index (χ2n) is 5.28. The lowest BCUT2D eigenvalue weighted by atomic mass is 10.1. The van der Waals surface area contributed by atoms with Crippen molar-refractivity contribution < 1.29 is 27.6 Å². The van der Waals surface area contributed by atoms with Crippen LogP contribution in [0.3, 0.4) is 0 Å². The van der Waals surface area contributed by atoms with Crippen LogP contribution in [0.5, 0.6) is 0 Å². The molecule has 5 N–H and O–H groups in total. The highest BCUT2D eigenvalue weighted by Crippen LogP contribution is 2.24. The Kier molecular flexibility index (Phi) is 6.52. The molecule has 0 aromatic heterocycles. The number of hydrogen-bond acceptors (Lipinski definition) is 4. The lowest BCUT2D eigenvalue weighted by Gasteiger charge is -2.26. The Labute approximate surface area is 135 Å². The molecule has 10 heteroatoms. The minimum atomic E-state index is -4.41. The maximum atomic E-state index is 14.0. The van der Waals surface area contributed by atoms with E-state index < -0.39 is 36.8 Å². The van der Waals surface area contributed by atoms with Crippen molar-refractivity contribution in [2.45, 2.75) is 31.6 Å². The van der Waals surface area contributed by atoms with E-state index in [2.05, 4.69) is 5.16 Å². The van der Waals surface area contributed by atoms with E-state index in [9.17, 15) is 22.4 Å². The molecule has 0 spiro atoms. The van der Waals surface area contributed by atoms with E-state index in [0.29, 0.717) is 0 Å². The highest BCUT2D eigenvalue weighted by molar-refractivity contribution is 5.97. The predicted molar refractivity (Wildman–Crippen MR) is 78.6 cm³/mol. The summed E-state index contributed by atoms with van der Waals surface area (Å²) < 4.78 is 51.0. The van der Waals surface area contributed by atoms with Gasteiger partial charge in [0.2, 0.25) is 5.91 Å². The number of carbonyl (C=O) groups is 1. The summed E-state index contributed by atoms with van der Waals surface area (Å²) in [7, 11) is 1.38. The van der Waals surface area contributed by atoms with Crippen LogP contribution in [0.2, 0.25) is 0 Å². The number of nitrogens with two attached hydrogens (primary N) is 2. The molecule has 1 amide bonds. The quantitative estimate of drug-likeness (QED) is 0.228. The molecule has 24 heavy (non-hydrogen) atoms. The Morgan fingerprint density at radius 2 is 2.00 bits per heavy atom. The zero-order valence-electron chi connectivity index (χ0n) is 12.8. The molecule has 0 radical (unpaired) electrons. The van der Waals surface area contributed by atoms with Gasteiger partial charge in [0.25, 0.3) is 0 Å². The maximum Gasteiger partial charge on any atom is 0.389 e. The van der Waals surface area contributed by atoms with Crippen LogP contribution in [-0.4, -0.2) is 41.1 Å². The van der Waals surface area contributed by atoms with Gasteiger partial charge in [-0.3, -0.25) is 9.69 Å². The van der Waals surface area contributed by atoms with Gasteiger partial charge in [-0.1, -0.05) is 17.3 Å². The van der Waals surface area contributed by atoms with Crippen LogP contribution in [0.4, 0.5) is 17.6 Å². The Bertz CT molecular complexity index is 619. The number of oxime groups is 1. The van der Waals surface area contributed by atoms with Crippen LogP contribution in [0, 0.1) is 5.82 Å². The zero-order valence-corrected chi connectivity index (χ0v) is 12.8. The molecular formula is C14H18F4N4O2. The molecule has 0 fully saturated rings. The molecule has 1 aromatic carbocycles. The van der Waals surface area contributed by atoms with Gasteiger partial charge in [0.1, 0.15) is 5.82 Å². The summed E-state index contributed by atoms with van der Waals surface area (Å²) in [5.41, 5.74) is 10.8. The normalized spacial score (nSPS) is 14.0. The van der Waals surface area contributed by atoms with Gasteiger partial charge in [-0.15, -0.1) is 0 Å². The van der Waals surface area contributed by atoms with E-state index in [0.717, 1.165) is 6.07 Å². The molecule has 0 unspecified atom stereocenters. The molecule has 0 aliphatic carbocycles. The summed E-state index contributed by atoms with van der Waals surface area (Å²) in [5.74, 6) is -1.91. The van der Waals surface area contributed by atoms with Crippen LogP contribution < -0.4 is 11.5 Å². The lowest BCUT2D eigenvalue weighted by Crippen LogP contribution is -2.43. The van der Waals surface area contributed by atoms with E-state index in [1.165, 1.54) is 24.1 Å². The number of benzene rings is 1. The molecule has 0 aliphatic heterocycles. The SMILES string of the molecule is CN(Cc1ccc(/C(N)=N/O)cc1F)[C@H](CCC(F)(F)F)C(N)=O. The largest absolute Gasteiger partial charge is 0.409 e. The number of carbonyl (C=O) groups excluding carboxylic acids is 1. The number of rotatable bonds is 7. The third-order valence-electron chi connectivity index (χ3n) is 3.44. The molecule has 1 rings (SSSR count). The molecule has 134 valence electrons. The zero-order chi connectivity index (χ0) is 18.5. The summed E-state index contributed by atoms with van der Waals surface area (Å²) in [4.78, 5) is 12.6. The van der Waals surface area contributed by atoms with Gasteiger partial charge in [0.15, 0.2) is 5.84 Å². The van der Waals surface area contributed by atoms with E-state index in [1.54, 1.807) is 0 Å². The van der Waals surface area contributed by atoms with Crippen molar-refractivity contribution in [1.82, 2.24) is 4.90 Å². The smallest absolute Gasteiger partial charge is 0.389 e. The first kappa shape index (κ1) is 19.7. The standard InChI is InChI=1S/C14H18F4N4O2/c1-22(11(13(20)23)4-5-14(16,17)18)7-9-3-2-8(6-10(9)15)12(19)21-24/h2-3,6,11,24H,4-5,7H2,1H3,(H2,19,21)(H2,20,23)/t11-/m1/s1. The van der Waals surface area contributed by atoms with Crippen molar-refractivity contribution in [3.05, 3.63) is 35.1 Å². The highest BCUT2D eigenvalue weighted by atomic mass is 19.4. The minimum Gasteiger partial charge on any atom is -0.409 e. The fraction of sp³-hybridized carbons (Fsp3) is 0.429. The second-order valence-corrected chi connectivity index (χ2v) is 5.28. The fourth-order valence-corrected chi connectivity index (χ4v) is 2.15. The number of alkyl halides is 3. The molecule has 6 nitrogen and oxygen atoms in total. The summed E-state index contributed by atoms with van der Waals surface area (Å²) in [6, 6.07) is 2.56. The molecule has 0 saturated heterocycles. The fourth-order valence-electron chi connectivity index (χ4n) is 2.15. The van der Waals surface area contributed by atoms with Crippen LogP contribution in [0.1, 0.15) is 24.0 Å². The van der Waals surface area contributed by atoms with Gasteiger partial charge in [0.05, 0.1) is 6.04 Å². The number of hydrogen-bond donors (Lipinski definition) is 3. The highest BCUT2D eigenvalue weighted by Gasteiger charge is 2.31. The summed E-state index contributed by atoms with van der Waals surface area (Å²) in [6.45, 7) is -0.131. The van der Waals surface area contributed by atoms with Crippen molar-refractivity contribution >= 4 is 11.7 Å². The molecule has 1 aromatic rings. The van der Waals surface area contributed by atoms with Gasteiger partial charge in [-0.2, -0.15) is 13.2 Å². The Hall–Kier alpha value is -2.36. The molecular weight excluding hydrogens is 332 g/mol. The molecule has 1 atom stereocenters. The number of primary amides is 1. The molecule has 0 bridgehead atoms. The average Bonchev–Trinajstić information content (AvgIpc) is 2.47. The summed E-state index contributed by atoms with van der Waals surface area (Å²) in [5, 5.41) is 11.3. The van der Waals surface area contributed by atoms with Crippen molar-refractivity contribution in [2.75, 3.05) is 7.05 Å². The third-order valence-corrected chi connectivity index (χ3v) is 3.44. The van der Waals surface area contributed by atoms with Gasteiger partial charge >= 0.3 is 6.18 Å². The van der Waals surface area contributed by atoms with Gasteiger partial charge < -0.3 is 16.7 Å². The minimum absolute atomic E-state index is 0.130. The second kappa shape index (κ2) is 7.95. The van der Waals surface area contributed by atoms with E-state index in [1.807, 2.05) is 0 Å². The van der Waals surface area contributed by atoms with Gasteiger partial charge in [-0.25, -0.2) is 4.39 Å². The van der Waals surface area contributed by atoms with Crippen LogP contribution in [0.15, 0.2) is 23.4 Å². The lowest BCUT2D eigenvalue weighted by molar-refractivity contribution is -0.141. The van der Waals surface area contributed by atoms with Crippen LogP contribution >= 0.6 is 0 Å². The molecule has 0 saturated carbocycles. The molecule has 0 heterocycles. The van der Waals surface area contributed by atoms with Crippen LogP contribution in [0.25, 0.3) is 0 Å². The Balaban J connectivity index is 2.87. The van der Waals surface area contributed by atoms with Crippen LogP contribution in [-0.2, 0) is 11.3 Å². The Morgan fingerprint density at radius 3 is 2.46 bits per heavy atom. The Morgan fingerprint density at radius 1 is 1.38 bits per heavy atom. The van der Waals surface area contributed by atoms with Crippen molar-refractivity contribution in [2.24, 2.45) is 16.6 Å². The first-order chi connectivity index (χ1) is 11.0. The number of amidine groups is 1. The topological polar surface area (TPSA) is 105 Å². The summed E-state index contributed by atoms with van der Waals surface area (Å²) in [6.07, 6.45) is -6.10. The first-order valence-electron chi connectivity index (χ1n) is 6.87. The maximum absolute atomic E-state index is 14.0. The van der Waals surface area contributed by atoms with Gasteiger partial charge in [-0.05, 0) is 19.5 Å². The number of halogens is 4. The molecule has 0 aliphatic rings. The van der Waals surface area contributed by atoms with E-state index >= 15 is 0 Å². The monoisotopic (exact) mass is 350 g/mol. The van der Waals surface area contributed by atoms with E-state index in [-0.39, 0.29) is 23.5 Å². The predicted octanol–water partition coefficient (Wildman–Crippen LogP) is 1.55. The van der Waals surface area contributed by atoms with Gasteiger partial charge in [0, 0.05) is 24.1 Å². The van der Waals surface area contributed by atoms with E-state index in [4.69, 9.17) is 16.7 Å². The first-order valence-corrected chi connectivity index (χ1v) is 6.87. The van der Waals surface area contributed by atoms with Crippen molar-refractivity contribution in [1.29, 1.82) is 0 Å². The number of amides is 1. The number of nitrogens with zero attached hydrogens (tertiary/aromatic N) is 2. The van der Waals surface area contributed by atoms with Crippen molar-refractivity contribution in [3.8, 4) is 0 Å².